The Balaban J connectivity index is 2.11. The van der Waals surface area contributed by atoms with Gasteiger partial charge in [0.05, 0.1) is 11.4 Å². The molecule has 0 aliphatic carbocycles. The molecule has 0 saturated carbocycles. The number of anilines is 2. The largest absolute Gasteiger partial charge is 0.383 e. The Morgan fingerprint density at radius 3 is 2.45 bits per heavy atom. The second-order valence-electron chi connectivity index (χ2n) is 8.05. The first kappa shape index (κ1) is 22.6. The van der Waals surface area contributed by atoms with E-state index in [0.29, 0.717) is 23.8 Å². The monoisotopic (exact) mass is 440 g/mol. The van der Waals surface area contributed by atoms with Gasteiger partial charge in [-0.2, -0.15) is 0 Å². The van der Waals surface area contributed by atoms with Crippen molar-refractivity contribution in [3.63, 3.8) is 0 Å². The molecule has 0 aliphatic rings. The highest BCUT2D eigenvalue weighted by atomic mass is 32.1. The smallest absolute Gasteiger partial charge is 0.330 e. The van der Waals surface area contributed by atoms with Gasteiger partial charge in [0.2, 0.25) is 0 Å². The summed E-state index contributed by atoms with van der Waals surface area (Å²) in [7, 11) is 0. The van der Waals surface area contributed by atoms with E-state index in [-0.39, 0.29) is 24.0 Å². The van der Waals surface area contributed by atoms with Crippen LogP contribution >= 0.6 is 11.3 Å². The Labute approximate surface area is 185 Å². The number of carbonyl (C=O) groups excluding carboxylic acids is 1. The lowest BCUT2D eigenvalue weighted by Gasteiger charge is -2.25. The number of aromatic amines is 1. The number of aryl methyl sites for hydroxylation is 2. The quantitative estimate of drug-likeness (QED) is 0.587. The predicted molar refractivity (Wildman–Crippen MR) is 126 cm³/mol. The van der Waals surface area contributed by atoms with Crippen molar-refractivity contribution in [3.8, 4) is 0 Å². The van der Waals surface area contributed by atoms with E-state index in [2.05, 4.69) is 4.98 Å². The first-order valence-electron chi connectivity index (χ1n) is 10.2. The second-order valence-corrected chi connectivity index (χ2v) is 9.31. The standard InChI is InChI=1S/C23H28N4O3S/c1-14(2)10-11-26(22(29)18-12-15(3)16(4)31-18)19-20(24)27(23(30)25-21(19)28)13-17-8-6-5-7-9-17/h5-9,12,14H,10-11,13,24H2,1-4H3,(H,25,28,30). The number of benzene rings is 1. The Morgan fingerprint density at radius 2 is 1.87 bits per heavy atom. The molecule has 0 spiro atoms. The Hall–Kier alpha value is -3.13. The van der Waals surface area contributed by atoms with Crippen molar-refractivity contribution in [1.82, 2.24) is 9.55 Å². The van der Waals surface area contributed by atoms with Crippen molar-refractivity contribution in [2.45, 2.75) is 40.7 Å². The van der Waals surface area contributed by atoms with Crippen LogP contribution in [0.2, 0.25) is 0 Å². The van der Waals surface area contributed by atoms with E-state index < -0.39 is 11.2 Å². The van der Waals surface area contributed by atoms with Crippen LogP contribution in [0, 0.1) is 19.8 Å². The Kier molecular flexibility index (Phi) is 6.80. The van der Waals surface area contributed by atoms with E-state index in [1.165, 1.54) is 20.8 Å². The molecule has 1 aromatic carbocycles. The van der Waals surface area contributed by atoms with Gasteiger partial charge in [-0.05, 0) is 43.4 Å². The molecule has 2 heterocycles. The summed E-state index contributed by atoms with van der Waals surface area (Å²) in [6.45, 7) is 8.51. The van der Waals surface area contributed by atoms with E-state index >= 15 is 0 Å². The average Bonchev–Trinajstić information content (AvgIpc) is 3.06. The zero-order valence-corrected chi connectivity index (χ0v) is 19.1. The summed E-state index contributed by atoms with van der Waals surface area (Å²) in [6.07, 6.45) is 0.686. The highest BCUT2D eigenvalue weighted by Gasteiger charge is 2.26. The third-order valence-corrected chi connectivity index (χ3v) is 6.36. The average molecular weight is 441 g/mol. The summed E-state index contributed by atoms with van der Waals surface area (Å²) < 4.78 is 1.30. The molecule has 31 heavy (non-hydrogen) atoms. The number of hydrogen-bond acceptors (Lipinski definition) is 5. The summed E-state index contributed by atoms with van der Waals surface area (Å²) in [4.78, 5) is 44.1. The molecule has 8 heteroatoms. The Bertz CT molecular complexity index is 1170. The van der Waals surface area contributed by atoms with Gasteiger partial charge in [-0.25, -0.2) is 4.79 Å². The van der Waals surface area contributed by atoms with Gasteiger partial charge in [-0.15, -0.1) is 11.3 Å². The first-order valence-corrected chi connectivity index (χ1v) is 11.1. The van der Waals surface area contributed by atoms with Gasteiger partial charge in [-0.1, -0.05) is 44.2 Å². The third-order valence-electron chi connectivity index (χ3n) is 5.22. The van der Waals surface area contributed by atoms with Crippen molar-refractivity contribution >= 4 is 28.7 Å². The van der Waals surface area contributed by atoms with Crippen molar-refractivity contribution in [3.05, 3.63) is 78.1 Å². The summed E-state index contributed by atoms with van der Waals surface area (Å²) >= 11 is 1.39. The molecular weight excluding hydrogens is 412 g/mol. The number of hydrogen-bond donors (Lipinski definition) is 2. The number of nitrogens with one attached hydrogen (secondary N) is 1. The first-order chi connectivity index (χ1) is 14.7. The summed E-state index contributed by atoms with van der Waals surface area (Å²) in [5.41, 5.74) is 6.98. The lowest BCUT2D eigenvalue weighted by molar-refractivity contribution is 0.0989. The maximum absolute atomic E-state index is 13.4. The number of nitrogens with two attached hydrogens (primary N) is 1. The molecule has 3 N–H and O–H groups in total. The minimum Gasteiger partial charge on any atom is -0.383 e. The van der Waals surface area contributed by atoms with Crippen LogP contribution in [0.3, 0.4) is 0 Å². The van der Waals surface area contributed by atoms with Crippen LogP contribution in [0.25, 0.3) is 0 Å². The van der Waals surface area contributed by atoms with Crippen LogP contribution in [-0.2, 0) is 6.54 Å². The zero-order valence-electron chi connectivity index (χ0n) is 18.3. The van der Waals surface area contributed by atoms with Gasteiger partial charge in [0.25, 0.3) is 11.5 Å². The fraction of sp³-hybridized carbons (Fsp3) is 0.348. The lowest BCUT2D eigenvalue weighted by Crippen LogP contribution is -2.41. The van der Waals surface area contributed by atoms with Crippen LogP contribution in [0.1, 0.15) is 45.9 Å². The number of aromatic nitrogens is 2. The summed E-state index contributed by atoms with van der Waals surface area (Å²) in [5.74, 6) is 0.0151. The molecule has 0 aliphatic heterocycles. The molecule has 0 unspecified atom stereocenters. The van der Waals surface area contributed by atoms with Crippen LogP contribution in [0.15, 0.2) is 46.0 Å². The van der Waals surface area contributed by atoms with Gasteiger partial charge in [0.1, 0.15) is 5.82 Å². The van der Waals surface area contributed by atoms with E-state index in [1.54, 1.807) is 0 Å². The van der Waals surface area contributed by atoms with Gasteiger partial charge < -0.3 is 5.73 Å². The number of rotatable bonds is 7. The Morgan fingerprint density at radius 1 is 1.19 bits per heavy atom. The molecule has 0 radical (unpaired) electrons. The highest BCUT2D eigenvalue weighted by Crippen LogP contribution is 2.26. The highest BCUT2D eigenvalue weighted by molar-refractivity contribution is 7.14. The summed E-state index contributed by atoms with van der Waals surface area (Å²) in [5, 5.41) is 0. The molecular formula is C23H28N4O3S. The number of thiophene rings is 1. The van der Waals surface area contributed by atoms with Gasteiger partial charge in [0.15, 0.2) is 5.69 Å². The van der Waals surface area contributed by atoms with Crippen LogP contribution in [0.5, 0.6) is 0 Å². The van der Waals surface area contributed by atoms with E-state index in [9.17, 15) is 14.4 Å². The molecule has 7 nitrogen and oxygen atoms in total. The lowest BCUT2D eigenvalue weighted by atomic mass is 10.1. The minimum atomic E-state index is -0.658. The van der Waals surface area contributed by atoms with Gasteiger partial charge in [0, 0.05) is 11.4 Å². The number of nitrogen functional groups attached to an aromatic ring is 1. The molecule has 0 saturated heterocycles. The normalized spacial score (nSPS) is 11.1. The minimum absolute atomic E-state index is 0.0142. The van der Waals surface area contributed by atoms with Crippen LogP contribution in [0.4, 0.5) is 11.5 Å². The van der Waals surface area contributed by atoms with Crippen molar-refractivity contribution < 1.29 is 4.79 Å². The topological polar surface area (TPSA) is 101 Å². The van der Waals surface area contributed by atoms with E-state index in [0.717, 1.165) is 16.0 Å². The molecule has 3 rings (SSSR count). The van der Waals surface area contributed by atoms with Crippen LogP contribution < -0.4 is 21.9 Å². The van der Waals surface area contributed by atoms with E-state index in [1.807, 2.05) is 64.1 Å². The van der Waals surface area contributed by atoms with Crippen LogP contribution in [-0.4, -0.2) is 22.0 Å². The number of H-pyrrole nitrogens is 1. The maximum Gasteiger partial charge on any atom is 0.330 e. The molecule has 0 atom stereocenters. The van der Waals surface area contributed by atoms with E-state index in [4.69, 9.17) is 5.73 Å². The zero-order chi connectivity index (χ0) is 22.7. The van der Waals surface area contributed by atoms with Gasteiger partial charge in [-0.3, -0.25) is 24.0 Å². The molecule has 2 aromatic heterocycles. The fourth-order valence-corrected chi connectivity index (χ4v) is 4.26. The fourth-order valence-electron chi connectivity index (χ4n) is 3.27. The van der Waals surface area contributed by atoms with Crippen molar-refractivity contribution in [1.29, 1.82) is 0 Å². The maximum atomic E-state index is 13.4. The van der Waals surface area contributed by atoms with Crippen molar-refractivity contribution in [2.24, 2.45) is 5.92 Å². The molecule has 3 aromatic rings. The van der Waals surface area contributed by atoms with Crippen molar-refractivity contribution in [2.75, 3.05) is 17.2 Å². The third kappa shape index (κ3) is 4.96. The number of amides is 1. The molecule has 1 amide bonds. The molecule has 0 fully saturated rings. The SMILES string of the molecule is Cc1cc(C(=O)N(CCC(C)C)c2c(N)n(Cc3ccccc3)c(=O)[nH]c2=O)sc1C. The summed E-state index contributed by atoms with van der Waals surface area (Å²) in [6, 6.07) is 11.2. The second kappa shape index (κ2) is 9.34. The number of nitrogens with zero attached hydrogens (tertiary/aromatic N) is 2. The molecule has 164 valence electrons. The van der Waals surface area contributed by atoms with Gasteiger partial charge >= 0.3 is 5.69 Å². The predicted octanol–water partition coefficient (Wildman–Crippen LogP) is 3.54. The number of carbonyl (C=O) groups is 1. The molecule has 0 bridgehead atoms.